The average Bonchev–Trinajstić information content (AvgIpc) is 2.85. The molecule has 92 valence electrons. The van der Waals surface area contributed by atoms with Gasteiger partial charge in [0.25, 0.3) is 0 Å². The molecule has 0 fully saturated rings. The van der Waals surface area contributed by atoms with Crippen molar-refractivity contribution in [2.75, 3.05) is 0 Å². The number of imidazole rings is 1. The number of aliphatic hydroxyl groups is 1. The number of aromatic nitrogens is 4. The minimum absolute atomic E-state index is 0.547. The summed E-state index contributed by atoms with van der Waals surface area (Å²) in [6.45, 7) is 4.82. The first kappa shape index (κ1) is 11.9. The Morgan fingerprint density at radius 1 is 1.47 bits per heavy atom. The number of aryl methyl sites for hydroxylation is 3. The molecule has 2 aromatic heterocycles. The van der Waals surface area contributed by atoms with E-state index in [1.807, 2.05) is 42.4 Å². The maximum absolute atomic E-state index is 10.1. The van der Waals surface area contributed by atoms with Gasteiger partial charge < -0.3 is 9.67 Å². The topological polar surface area (TPSA) is 55.9 Å². The summed E-state index contributed by atoms with van der Waals surface area (Å²) in [5.74, 6) is 0. The van der Waals surface area contributed by atoms with E-state index in [1.165, 1.54) is 0 Å². The van der Waals surface area contributed by atoms with Crippen LogP contribution in [-0.4, -0.2) is 24.4 Å². The molecule has 0 amide bonds. The van der Waals surface area contributed by atoms with Gasteiger partial charge in [0.1, 0.15) is 6.10 Å². The summed E-state index contributed by atoms with van der Waals surface area (Å²) in [4.78, 5) is 4.16. The van der Waals surface area contributed by atoms with Gasteiger partial charge in [-0.15, -0.1) is 0 Å². The molecule has 0 aliphatic rings. The van der Waals surface area contributed by atoms with Crippen molar-refractivity contribution in [2.24, 2.45) is 7.05 Å². The molecule has 0 saturated heterocycles. The molecule has 0 aromatic carbocycles. The molecule has 0 aliphatic heterocycles. The van der Waals surface area contributed by atoms with Crippen LogP contribution in [-0.2, 0) is 20.0 Å². The van der Waals surface area contributed by atoms with Gasteiger partial charge in [0, 0.05) is 31.9 Å². The minimum atomic E-state index is -0.572. The minimum Gasteiger partial charge on any atom is -0.386 e. The molecule has 5 nitrogen and oxygen atoms in total. The maximum Gasteiger partial charge on any atom is 0.103 e. The fourth-order valence-corrected chi connectivity index (χ4v) is 1.95. The number of hydrogen-bond donors (Lipinski definition) is 1. The van der Waals surface area contributed by atoms with E-state index in [0.29, 0.717) is 12.1 Å². The molecule has 5 heteroatoms. The molecule has 0 radical (unpaired) electrons. The van der Waals surface area contributed by atoms with Crippen molar-refractivity contribution >= 4 is 0 Å². The van der Waals surface area contributed by atoms with Gasteiger partial charge in [-0.05, 0) is 19.9 Å². The van der Waals surface area contributed by atoms with Crippen molar-refractivity contribution in [3.8, 4) is 0 Å². The summed E-state index contributed by atoms with van der Waals surface area (Å²) in [7, 11) is 1.89. The van der Waals surface area contributed by atoms with Crippen LogP contribution in [0, 0.1) is 6.92 Å². The molecule has 1 atom stereocenters. The zero-order chi connectivity index (χ0) is 12.4. The van der Waals surface area contributed by atoms with E-state index in [4.69, 9.17) is 0 Å². The summed E-state index contributed by atoms with van der Waals surface area (Å²) in [6, 6.07) is 2.01. The molecule has 17 heavy (non-hydrogen) atoms. The van der Waals surface area contributed by atoms with Crippen LogP contribution < -0.4 is 0 Å². The number of hydrogen-bond acceptors (Lipinski definition) is 3. The molecule has 0 aliphatic carbocycles. The van der Waals surface area contributed by atoms with Gasteiger partial charge in [-0.2, -0.15) is 5.10 Å². The molecule has 2 rings (SSSR count). The van der Waals surface area contributed by atoms with E-state index < -0.39 is 6.10 Å². The lowest BCUT2D eigenvalue weighted by molar-refractivity contribution is 0.171. The summed E-state index contributed by atoms with van der Waals surface area (Å²) in [5, 5.41) is 14.5. The normalized spacial score (nSPS) is 12.9. The van der Waals surface area contributed by atoms with Crippen molar-refractivity contribution in [1.82, 2.24) is 19.3 Å². The predicted molar refractivity (Wildman–Crippen MR) is 64.5 cm³/mol. The van der Waals surface area contributed by atoms with Crippen molar-refractivity contribution in [3.05, 3.63) is 35.7 Å². The summed E-state index contributed by atoms with van der Waals surface area (Å²) in [6.07, 6.45) is 3.51. The standard InChI is InChI=1S/C12H18N4O/c1-4-16-10(5-9(2)14-16)6-12(17)11-7-15(3)8-13-11/h5,7-8,12,17H,4,6H2,1-3H3. The van der Waals surface area contributed by atoms with Gasteiger partial charge in [-0.1, -0.05) is 0 Å². The summed E-state index contributed by atoms with van der Waals surface area (Å²) >= 11 is 0. The third kappa shape index (κ3) is 2.55. The lowest BCUT2D eigenvalue weighted by Gasteiger charge is -2.09. The van der Waals surface area contributed by atoms with E-state index in [0.717, 1.165) is 17.9 Å². The third-order valence-corrected chi connectivity index (χ3v) is 2.75. The number of nitrogens with zero attached hydrogens (tertiary/aromatic N) is 4. The summed E-state index contributed by atoms with van der Waals surface area (Å²) < 4.78 is 3.75. The molecule has 0 spiro atoms. The highest BCUT2D eigenvalue weighted by atomic mass is 16.3. The first-order valence-corrected chi connectivity index (χ1v) is 5.79. The first-order chi connectivity index (χ1) is 8.10. The monoisotopic (exact) mass is 234 g/mol. The first-order valence-electron chi connectivity index (χ1n) is 5.79. The highest BCUT2D eigenvalue weighted by Crippen LogP contribution is 2.17. The van der Waals surface area contributed by atoms with Crippen LogP contribution >= 0.6 is 0 Å². The fraction of sp³-hybridized carbons (Fsp3) is 0.500. The second-order valence-corrected chi connectivity index (χ2v) is 4.28. The molecular weight excluding hydrogens is 216 g/mol. The molecule has 2 aromatic rings. The van der Waals surface area contributed by atoms with Gasteiger partial charge in [0.05, 0.1) is 17.7 Å². The van der Waals surface area contributed by atoms with E-state index in [-0.39, 0.29) is 0 Å². The smallest absolute Gasteiger partial charge is 0.103 e. The van der Waals surface area contributed by atoms with Crippen LogP contribution in [0.15, 0.2) is 18.6 Å². The molecule has 0 bridgehead atoms. The fourth-order valence-electron chi connectivity index (χ4n) is 1.95. The Balaban J connectivity index is 2.14. The Morgan fingerprint density at radius 2 is 2.24 bits per heavy atom. The second-order valence-electron chi connectivity index (χ2n) is 4.28. The van der Waals surface area contributed by atoms with E-state index in [9.17, 15) is 5.11 Å². The van der Waals surface area contributed by atoms with Crippen LogP contribution in [0.25, 0.3) is 0 Å². The number of rotatable bonds is 4. The Morgan fingerprint density at radius 3 is 2.82 bits per heavy atom. The Bertz CT molecular complexity index is 500. The third-order valence-electron chi connectivity index (χ3n) is 2.75. The van der Waals surface area contributed by atoms with E-state index >= 15 is 0 Å². The lowest BCUT2D eigenvalue weighted by Crippen LogP contribution is -2.08. The van der Waals surface area contributed by atoms with Gasteiger partial charge >= 0.3 is 0 Å². The maximum atomic E-state index is 10.1. The van der Waals surface area contributed by atoms with Crippen LogP contribution in [0.1, 0.15) is 30.1 Å². The van der Waals surface area contributed by atoms with E-state index in [1.54, 1.807) is 6.33 Å². The highest BCUT2D eigenvalue weighted by molar-refractivity contribution is 5.13. The van der Waals surface area contributed by atoms with Crippen molar-refractivity contribution in [1.29, 1.82) is 0 Å². The Kier molecular flexibility index (Phi) is 3.28. The molecule has 1 N–H and O–H groups in total. The van der Waals surface area contributed by atoms with Gasteiger partial charge in [0.2, 0.25) is 0 Å². The largest absolute Gasteiger partial charge is 0.386 e. The van der Waals surface area contributed by atoms with Gasteiger partial charge in [-0.3, -0.25) is 4.68 Å². The average molecular weight is 234 g/mol. The van der Waals surface area contributed by atoms with E-state index in [2.05, 4.69) is 10.1 Å². The molecular formula is C12H18N4O. The Labute approximate surface area is 101 Å². The van der Waals surface area contributed by atoms with Crippen LogP contribution in [0.3, 0.4) is 0 Å². The zero-order valence-corrected chi connectivity index (χ0v) is 10.5. The number of aliphatic hydroxyl groups excluding tert-OH is 1. The van der Waals surface area contributed by atoms with Crippen molar-refractivity contribution < 1.29 is 5.11 Å². The second kappa shape index (κ2) is 4.71. The van der Waals surface area contributed by atoms with Crippen LogP contribution in [0.4, 0.5) is 0 Å². The van der Waals surface area contributed by atoms with Gasteiger partial charge in [0.15, 0.2) is 0 Å². The zero-order valence-electron chi connectivity index (χ0n) is 10.5. The SMILES string of the molecule is CCn1nc(C)cc1CC(O)c1cn(C)cn1. The quantitative estimate of drug-likeness (QED) is 0.865. The lowest BCUT2D eigenvalue weighted by atomic mass is 10.1. The summed E-state index contributed by atoms with van der Waals surface area (Å²) in [5.41, 5.74) is 2.73. The molecule has 2 heterocycles. The van der Waals surface area contributed by atoms with Gasteiger partial charge in [-0.25, -0.2) is 4.98 Å². The van der Waals surface area contributed by atoms with Crippen LogP contribution in [0.2, 0.25) is 0 Å². The highest BCUT2D eigenvalue weighted by Gasteiger charge is 2.14. The van der Waals surface area contributed by atoms with Crippen LogP contribution in [0.5, 0.6) is 0 Å². The van der Waals surface area contributed by atoms with Crippen molar-refractivity contribution in [2.45, 2.75) is 32.9 Å². The van der Waals surface area contributed by atoms with Crippen molar-refractivity contribution in [3.63, 3.8) is 0 Å². The molecule has 0 saturated carbocycles. The molecule has 1 unspecified atom stereocenters. The predicted octanol–water partition coefficient (Wildman–Crippen LogP) is 1.22. The Hall–Kier alpha value is -1.62.